The maximum Gasteiger partial charge on any atom is 0.220 e. The molecule has 0 aliphatic carbocycles. The van der Waals surface area contributed by atoms with E-state index in [-0.39, 0.29) is 11.8 Å². The zero-order valence-corrected chi connectivity index (χ0v) is 10.0. The highest BCUT2D eigenvalue weighted by Gasteiger charge is 2.15. The Hall–Kier alpha value is -2.04. The highest BCUT2D eigenvalue weighted by molar-refractivity contribution is 6.00. The Morgan fingerprint density at radius 2 is 2.18 bits per heavy atom. The number of anilines is 2. The highest BCUT2D eigenvalue weighted by Crippen LogP contribution is 2.29. The molecule has 0 fully saturated rings. The summed E-state index contributed by atoms with van der Waals surface area (Å²) >= 11 is 0. The van der Waals surface area contributed by atoms with Gasteiger partial charge >= 0.3 is 0 Å². The van der Waals surface area contributed by atoms with Gasteiger partial charge in [0.15, 0.2) is 5.90 Å². The van der Waals surface area contributed by atoms with Crippen LogP contribution in [0.1, 0.15) is 12.5 Å². The van der Waals surface area contributed by atoms with Gasteiger partial charge in [-0.2, -0.15) is 0 Å². The van der Waals surface area contributed by atoms with Gasteiger partial charge in [0.2, 0.25) is 5.90 Å². The monoisotopic (exact) mass is 232 g/mol. The van der Waals surface area contributed by atoms with E-state index in [2.05, 4.69) is 10.2 Å². The molecule has 17 heavy (non-hydrogen) atoms. The van der Waals surface area contributed by atoms with E-state index < -0.39 is 0 Å². The summed E-state index contributed by atoms with van der Waals surface area (Å²) < 4.78 is 4.99. The van der Waals surface area contributed by atoms with Crippen molar-refractivity contribution in [1.29, 1.82) is 10.8 Å². The van der Waals surface area contributed by atoms with Gasteiger partial charge < -0.3 is 15.0 Å². The predicted molar refractivity (Wildman–Crippen MR) is 69.5 cm³/mol. The maximum absolute atomic E-state index is 7.74. The molecule has 5 heteroatoms. The third-order valence-electron chi connectivity index (χ3n) is 2.69. The van der Waals surface area contributed by atoms with Crippen LogP contribution in [-0.4, -0.2) is 31.9 Å². The first-order chi connectivity index (χ1) is 8.08. The van der Waals surface area contributed by atoms with Crippen LogP contribution in [0.2, 0.25) is 0 Å². The molecule has 1 aromatic carbocycles. The molecule has 1 aliphatic rings. The van der Waals surface area contributed by atoms with Crippen molar-refractivity contribution in [1.82, 2.24) is 0 Å². The lowest BCUT2D eigenvalue weighted by Gasteiger charge is -2.28. The third-order valence-corrected chi connectivity index (χ3v) is 2.69. The summed E-state index contributed by atoms with van der Waals surface area (Å²) in [6, 6.07) is 5.68. The molecule has 0 spiro atoms. The number of ether oxygens (including phenoxy) is 1. The molecule has 0 atom stereocenters. The van der Waals surface area contributed by atoms with Gasteiger partial charge in [-0.3, -0.25) is 10.8 Å². The standard InChI is InChI=1S/C12H16N4O/c1-8(13)17-12(14)9-3-4-10-11(7-9)16(2)6-5-15-10/h3-4,7,13-15H,5-6H2,1-2H3. The Morgan fingerprint density at radius 3 is 2.88 bits per heavy atom. The fourth-order valence-corrected chi connectivity index (χ4v) is 1.83. The van der Waals surface area contributed by atoms with E-state index in [9.17, 15) is 0 Å². The quantitative estimate of drug-likeness (QED) is 0.511. The normalized spacial score (nSPS) is 13.6. The first-order valence-electron chi connectivity index (χ1n) is 5.49. The molecule has 0 saturated heterocycles. The van der Waals surface area contributed by atoms with Crippen molar-refractivity contribution in [3.63, 3.8) is 0 Å². The predicted octanol–water partition coefficient (Wildman–Crippen LogP) is 1.89. The Morgan fingerprint density at radius 1 is 1.41 bits per heavy atom. The second-order valence-corrected chi connectivity index (χ2v) is 4.07. The van der Waals surface area contributed by atoms with Gasteiger partial charge in [-0.25, -0.2) is 0 Å². The van der Waals surface area contributed by atoms with Crippen LogP contribution in [-0.2, 0) is 4.74 Å². The smallest absolute Gasteiger partial charge is 0.220 e. The molecule has 0 radical (unpaired) electrons. The molecule has 90 valence electrons. The second kappa shape index (κ2) is 4.45. The summed E-state index contributed by atoms with van der Waals surface area (Å²) in [5.41, 5.74) is 2.82. The maximum atomic E-state index is 7.74. The summed E-state index contributed by atoms with van der Waals surface area (Å²) in [5.74, 6) is 0.0403. The number of rotatable bonds is 1. The molecule has 2 rings (SSSR count). The molecule has 1 aliphatic heterocycles. The van der Waals surface area contributed by atoms with Crippen LogP contribution < -0.4 is 10.2 Å². The van der Waals surface area contributed by atoms with E-state index in [0.29, 0.717) is 5.56 Å². The van der Waals surface area contributed by atoms with E-state index >= 15 is 0 Å². The van der Waals surface area contributed by atoms with Crippen molar-refractivity contribution >= 4 is 23.2 Å². The van der Waals surface area contributed by atoms with E-state index in [0.717, 1.165) is 24.5 Å². The SMILES string of the molecule is CC(=N)OC(=N)c1ccc2c(c1)N(C)CCN2. The zero-order chi connectivity index (χ0) is 12.4. The number of fused-ring (bicyclic) bond motifs is 1. The van der Waals surface area contributed by atoms with Crippen molar-refractivity contribution in [2.24, 2.45) is 0 Å². The lowest BCUT2D eigenvalue weighted by molar-refractivity contribution is 0.532. The minimum absolute atomic E-state index is 0.0132. The molecule has 0 aromatic heterocycles. The van der Waals surface area contributed by atoms with Gasteiger partial charge in [0.25, 0.3) is 0 Å². The first-order valence-corrected chi connectivity index (χ1v) is 5.49. The number of likely N-dealkylation sites (N-methyl/N-ethyl adjacent to an activating group) is 1. The molecule has 0 unspecified atom stereocenters. The summed E-state index contributed by atoms with van der Waals surface area (Å²) in [7, 11) is 2.02. The Balaban J connectivity index is 2.29. The molecule has 3 N–H and O–H groups in total. The van der Waals surface area contributed by atoms with Crippen LogP contribution in [0.5, 0.6) is 0 Å². The van der Waals surface area contributed by atoms with E-state index in [4.69, 9.17) is 15.6 Å². The molecular formula is C12H16N4O. The molecule has 1 aromatic rings. The van der Waals surface area contributed by atoms with Gasteiger partial charge in [-0.1, -0.05) is 0 Å². The van der Waals surface area contributed by atoms with Crippen molar-refractivity contribution in [3.05, 3.63) is 23.8 Å². The molecule has 5 nitrogen and oxygen atoms in total. The summed E-state index contributed by atoms with van der Waals surface area (Å²) in [6.45, 7) is 3.38. The van der Waals surface area contributed by atoms with Crippen LogP contribution in [0.3, 0.4) is 0 Å². The molecule has 1 heterocycles. The van der Waals surface area contributed by atoms with Crippen LogP contribution in [0.25, 0.3) is 0 Å². The van der Waals surface area contributed by atoms with E-state index in [1.807, 2.05) is 25.2 Å². The minimum atomic E-state index is 0.0132. The summed E-state index contributed by atoms with van der Waals surface area (Å²) in [4.78, 5) is 2.14. The van der Waals surface area contributed by atoms with Crippen LogP contribution >= 0.6 is 0 Å². The third kappa shape index (κ3) is 2.38. The fourth-order valence-electron chi connectivity index (χ4n) is 1.83. The second-order valence-electron chi connectivity index (χ2n) is 4.07. The van der Waals surface area contributed by atoms with E-state index in [1.165, 1.54) is 6.92 Å². The lowest BCUT2D eigenvalue weighted by atomic mass is 10.1. The van der Waals surface area contributed by atoms with Crippen LogP contribution in [0.4, 0.5) is 11.4 Å². The van der Waals surface area contributed by atoms with Gasteiger partial charge in [0.05, 0.1) is 11.4 Å². The molecule has 0 saturated carbocycles. The largest absolute Gasteiger partial charge is 0.426 e. The van der Waals surface area contributed by atoms with Gasteiger partial charge in [0, 0.05) is 32.6 Å². The Kier molecular flexibility index (Phi) is 2.99. The Labute approximate surface area is 100 Å². The number of nitrogens with one attached hydrogen (secondary N) is 3. The number of benzene rings is 1. The van der Waals surface area contributed by atoms with Crippen molar-refractivity contribution < 1.29 is 4.74 Å². The highest BCUT2D eigenvalue weighted by atomic mass is 16.5. The van der Waals surface area contributed by atoms with Crippen molar-refractivity contribution in [3.8, 4) is 0 Å². The summed E-state index contributed by atoms with van der Waals surface area (Å²) in [6.07, 6.45) is 0. The average molecular weight is 232 g/mol. The van der Waals surface area contributed by atoms with Gasteiger partial charge in [-0.15, -0.1) is 0 Å². The number of nitrogens with zero attached hydrogens (tertiary/aromatic N) is 1. The van der Waals surface area contributed by atoms with Gasteiger partial charge in [0.1, 0.15) is 0 Å². The van der Waals surface area contributed by atoms with Crippen LogP contribution in [0.15, 0.2) is 18.2 Å². The first kappa shape index (κ1) is 11.4. The van der Waals surface area contributed by atoms with Gasteiger partial charge in [-0.05, 0) is 18.2 Å². The van der Waals surface area contributed by atoms with E-state index in [1.54, 1.807) is 0 Å². The lowest BCUT2D eigenvalue weighted by Crippen LogP contribution is -2.30. The fraction of sp³-hybridized carbons (Fsp3) is 0.333. The molecule has 0 amide bonds. The Bertz CT molecular complexity index is 470. The minimum Gasteiger partial charge on any atom is -0.426 e. The molecular weight excluding hydrogens is 216 g/mol. The summed E-state index contributed by atoms with van der Waals surface area (Å²) in [5, 5.41) is 18.3. The van der Waals surface area contributed by atoms with Crippen molar-refractivity contribution in [2.45, 2.75) is 6.92 Å². The number of hydrogen-bond acceptors (Lipinski definition) is 5. The van der Waals surface area contributed by atoms with Crippen molar-refractivity contribution in [2.75, 3.05) is 30.4 Å². The zero-order valence-electron chi connectivity index (χ0n) is 10.0. The topological polar surface area (TPSA) is 72.2 Å². The average Bonchev–Trinajstić information content (AvgIpc) is 2.28. The number of hydrogen-bond donors (Lipinski definition) is 3. The van der Waals surface area contributed by atoms with Crippen LogP contribution in [0, 0.1) is 10.8 Å². The molecule has 0 bridgehead atoms.